The molecular formula is C17H13F3N6O2S2. The third-order valence-electron chi connectivity index (χ3n) is 3.92. The summed E-state index contributed by atoms with van der Waals surface area (Å²) in [5.74, 6) is -1.55. The Balaban J connectivity index is 1.50. The van der Waals surface area contributed by atoms with Crippen LogP contribution in [0.25, 0.3) is 17.1 Å². The van der Waals surface area contributed by atoms with E-state index < -0.39 is 21.8 Å². The van der Waals surface area contributed by atoms with Crippen LogP contribution in [0.5, 0.6) is 0 Å². The van der Waals surface area contributed by atoms with E-state index in [2.05, 4.69) is 29.1 Å². The zero-order chi connectivity index (χ0) is 21.4. The predicted molar refractivity (Wildman–Crippen MR) is 102 cm³/mol. The van der Waals surface area contributed by atoms with Crippen LogP contribution >= 0.6 is 11.3 Å². The molecule has 0 aliphatic rings. The van der Waals surface area contributed by atoms with Gasteiger partial charge in [-0.3, -0.25) is 0 Å². The van der Waals surface area contributed by atoms with Crippen LogP contribution in [0.1, 0.15) is 11.5 Å². The average molecular weight is 454 g/mol. The molecular weight excluding hydrogens is 441 g/mol. The number of rotatable bonds is 5. The lowest BCUT2D eigenvalue weighted by molar-refractivity contribution is -0.159. The highest BCUT2D eigenvalue weighted by atomic mass is 32.2. The van der Waals surface area contributed by atoms with E-state index in [1.54, 1.807) is 52.9 Å². The fourth-order valence-corrected chi connectivity index (χ4v) is 4.61. The topological polar surface area (TPSA) is 99.1 Å². The predicted octanol–water partition coefficient (Wildman–Crippen LogP) is 4.05. The number of alkyl halides is 3. The zero-order valence-electron chi connectivity index (χ0n) is 15.3. The number of aromatic nitrogens is 5. The lowest BCUT2D eigenvalue weighted by Crippen LogP contribution is -2.04. The summed E-state index contributed by atoms with van der Waals surface area (Å²) in [6.07, 6.45) is 1.76. The van der Waals surface area contributed by atoms with Crippen molar-refractivity contribution >= 4 is 21.1 Å². The van der Waals surface area contributed by atoms with Crippen LogP contribution in [0.2, 0.25) is 0 Å². The Hall–Kier alpha value is -3.06. The Morgan fingerprint density at radius 2 is 2.03 bits per heavy atom. The van der Waals surface area contributed by atoms with Crippen LogP contribution in [0.15, 0.2) is 61.5 Å². The molecule has 0 aliphatic heterocycles. The maximum atomic E-state index is 12.6. The van der Waals surface area contributed by atoms with Crippen LogP contribution in [-0.2, 0) is 22.5 Å². The number of benzene rings is 1. The Kier molecular flexibility index (Phi) is 5.15. The Labute approximate surface area is 172 Å². The zero-order valence-corrected chi connectivity index (χ0v) is 16.9. The van der Waals surface area contributed by atoms with Crippen molar-refractivity contribution in [1.82, 2.24) is 24.9 Å². The van der Waals surface area contributed by atoms with Gasteiger partial charge in [0.1, 0.15) is 9.73 Å². The highest BCUT2D eigenvalue weighted by Gasteiger charge is 2.38. The van der Waals surface area contributed by atoms with Gasteiger partial charge in [-0.25, -0.2) is 18.2 Å². The number of hydrogen-bond donors (Lipinski definition) is 0. The van der Waals surface area contributed by atoms with Gasteiger partial charge in [-0.1, -0.05) is 5.16 Å². The molecule has 0 N–H and O–H groups in total. The molecule has 0 spiro atoms. The highest BCUT2D eigenvalue weighted by Crippen LogP contribution is 2.29. The van der Waals surface area contributed by atoms with Crippen molar-refractivity contribution in [3.63, 3.8) is 0 Å². The first-order chi connectivity index (χ1) is 14.2. The third kappa shape index (κ3) is 4.26. The van der Waals surface area contributed by atoms with Crippen molar-refractivity contribution in [2.75, 3.05) is 6.26 Å². The maximum Gasteiger partial charge on any atom is 0.471 e. The van der Waals surface area contributed by atoms with Gasteiger partial charge >= 0.3 is 12.1 Å². The molecule has 1 atom stereocenters. The Bertz CT molecular complexity index is 1270. The van der Waals surface area contributed by atoms with Crippen LogP contribution in [0, 0.1) is 0 Å². The van der Waals surface area contributed by atoms with Gasteiger partial charge in [0, 0.05) is 35.2 Å². The van der Waals surface area contributed by atoms with Crippen LogP contribution in [0.4, 0.5) is 13.2 Å². The average Bonchev–Trinajstić information content (AvgIpc) is 3.48. The van der Waals surface area contributed by atoms with Crippen LogP contribution in [-0.4, -0.2) is 35.4 Å². The molecule has 3 aromatic heterocycles. The number of thiazole rings is 1. The Morgan fingerprint density at radius 1 is 1.27 bits per heavy atom. The minimum absolute atomic E-state index is 0.159. The van der Waals surface area contributed by atoms with E-state index in [0.29, 0.717) is 15.6 Å². The first-order valence-electron chi connectivity index (χ1n) is 8.35. The molecule has 0 fully saturated rings. The smallest absolute Gasteiger partial charge is 0.329 e. The van der Waals surface area contributed by atoms with Crippen molar-refractivity contribution in [1.29, 1.82) is 0 Å². The summed E-state index contributed by atoms with van der Waals surface area (Å²) in [6, 6.07) is 6.44. The van der Waals surface area contributed by atoms with Crippen molar-refractivity contribution in [3.05, 3.63) is 59.7 Å². The summed E-state index contributed by atoms with van der Waals surface area (Å²) < 4.78 is 60.9. The quantitative estimate of drug-likeness (QED) is 0.451. The molecule has 8 nitrogen and oxygen atoms in total. The molecule has 0 bridgehead atoms. The number of halogens is 3. The van der Waals surface area contributed by atoms with E-state index in [-0.39, 0.29) is 12.4 Å². The van der Waals surface area contributed by atoms with Gasteiger partial charge in [-0.2, -0.15) is 23.3 Å². The summed E-state index contributed by atoms with van der Waals surface area (Å²) in [5.41, 5.74) is 1.79. The molecule has 3 heterocycles. The fraction of sp³-hybridized carbons (Fsp3) is 0.176. The second kappa shape index (κ2) is 7.65. The second-order valence-electron chi connectivity index (χ2n) is 6.15. The molecule has 0 saturated carbocycles. The van der Waals surface area contributed by atoms with Crippen molar-refractivity contribution < 1.29 is 21.9 Å². The lowest BCUT2D eigenvalue weighted by atomic mass is 10.2. The van der Waals surface area contributed by atoms with E-state index in [9.17, 15) is 17.4 Å². The van der Waals surface area contributed by atoms with E-state index in [4.69, 9.17) is 0 Å². The van der Waals surface area contributed by atoms with Crippen LogP contribution < -0.4 is 0 Å². The summed E-state index contributed by atoms with van der Waals surface area (Å²) in [5, 5.41) is 9.34. The summed E-state index contributed by atoms with van der Waals surface area (Å²) in [4.78, 5) is 7.41. The molecule has 1 unspecified atom stereocenters. The van der Waals surface area contributed by atoms with E-state index in [0.717, 1.165) is 5.56 Å². The molecule has 30 heavy (non-hydrogen) atoms. The summed E-state index contributed by atoms with van der Waals surface area (Å²) in [7, 11) is -2.57. The molecule has 0 saturated heterocycles. The van der Waals surface area contributed by atoms with Gasteiger partial charge in [0.05, 0.1) is 18.4 Å². The van der Waals surface area contributed by atoms with Gasteiger partial charge in [0.2, 0.25) is 5.82 Å². The van der Waals surface area contributed by atoms with Crippen molar-refractivity contribution in [2.45, 2.75) is 17.1 Å². The van der Waals surface area contributed by atoms with Gasteiger partial charge in [-0.05, 0) is 24.3 Å². The molecule has 0 radical (unpaired) electrons. The fourth-order valence-electron chi connectivity index (χ4n) is 2.45. The van der Waals surface area contributed by atoms with Crippen LogP contribution in [0.3, 0.4) is 0 Å². The lowest BCUT2D eigenvalue weighted by Gasteiger charge is -2.02. The SMILES string of the molecule is CS(=O)(=NCc1cnn(-c2ccc(-c3noc(C(F)(F)F)n3)cc2)c1)c1nccs1. The van der Waals surface area contributed by atoms with E-state index in [1.807, 2.05) is 0 Å². The van der Waals surface area contributed by atoms with E-state index >= 15 is 0 Å². The standard InChI is InChI=1S/C17H13F3N6O2S2/c1-30(27,16-21-6-7-29-16)23-9-11-8-22-26(10-11)13-4-2-12(3-5-13)14-24-15(28-25-14)17(18,19)20/h2-8,10H,9H2,1H3. The molecule has 0 aliphatic carbocycles. The summed E-state index contributed by atoms with van der Waals surface area (Å²) >= 11 is 1.29. The van der Waals surface area contributed by atoms with Gasteiger partial charge in [0.15, 0.2) is 4.34 Å². The molecule has 4 aromatic rings. The first kappa shape index (κ1) is 20.2. The molecule has 13 heteroatoms. The van der Waals surface area contributed by atoms with Gasteiger partial charge < -0.3 is 4.52 Å². The second-order valence-corrected chi connectivity index (χ2v) is 9.55. The number of nitrogens with zero attached hydrogens (tertiary/aromatic N) is 6. The van der Waals surface area contributed by atoms with E-state index in [1.165, 1.54) is 17.6 Å². The minimum Gasteiger partial charge on any atom is -0.329 e. The monoisotopic (exact) mass is 454 g/mol. The first-order valence-corrected chi connectivity index (χ1v) is 11.2. The molecule has 4 rings (SSSR count). The Morgan fingerprint density at radius 3 is 2.67 bits per heavy atom. The minimum atomic E-state index is -4.69. The van der Waals surface area contributed by atoms with Crippen molar-refractivity contribution in [2.24, 2.45) is 4.36 Å². The normalized spacial score (nSPS) is 13.9. The maximum absolute atomic E-state index is 12.6. The highest BCUT2D eigenvalue weighted by molar-refractivity contribution is 7.94. The molecule has 156 valence electrons. The largest absolute Gasteiger partial charge is 0.471 e. The number of hydrogen-bond acceptors (Lipinski definition) is 8. The molecule has 0 amide bonds. The summed E-state index contributed by atoms with van der Waals surface area (Å²) in [6.45, 7) is 0.204. The van der Waals surface area contributed by atoms with Gasteiger partial charge in [0.25, 0.3) is 0 Å². The van der Waals surface area contributed by atoms with Crippen molar-refractivity contribution in [3.8, 4) is 17.1 Å². The van der Waals surface area contributed by atoms with Gasteiger partial charge in [-0.15, -0.1) is 11.3 Å². The molecule has 1 aromatic carbocycles. The third-order valence-corrected chi connectivity index (χ3v) is 7.08.